The molecule has 2 unspecified atom stereocenters. The summed E-state index contributed by atoms with van der Waals surface area (Å²) < 4.78 is 0. The molecule has 110 valence electrons. The van der Waals surface area contributed by atoms with Gasteiger partial charge in [0, 0.05) is 24.5 Å². The van der Waals surface area contributed by atoms with E-state index in [1.165, 1.54) is 25.7 Å². The van der Waals surface area contributed by atoms with Gasteiger partial charge in [-0.15, -0.1) is 0 Å². The first-order chi connectivity index (χ1) is 9.10. The second kappa shape index (κ2) is 6.25. The molecule has 0 aromatic rings. The van der Waals surface area contributed by atoms with Crippen LogP contribution in [0.3, 0.4) is 0 Å². The summed E-state index contributed by atoms with van der Waals surface area (Å²) in [7, 11) is 0. The summed E-state index contributed by atoms with van der Waals surface area (Å²) in [5, 5.41) is 0. The molecule has 0 bridgehead atoms. The lowest BCUT2D eigenvalue weighted by molar-refractivity contribution is -0.147. The van der Waals surface area contributed by atoms with E-state index in [-0.39, 0.29) is 11.5 Å². The molecule has 2 rings (SSSR count). The predicted octanol–water partition coefficient (Wildman–Crippen LogP) is 2.93. The summed E-state index contributed by atoms with van der Waals surface area (Å²) in [6.07, 6.45) is 9.33. The Kier molecular flexibility index (Phi) is 4.88. The largest absolute Gasteiger partial charge is 0.338 e. The van der Waals surface area contributed by atoms with Crippen molar-refractivity contribution in [2.45, 2.75) is 71.3 Å². The molecule has 1 saturated carbocycles. The maximum Gasteiger partial charge on any atom is 0.228 e. The van der Waals surface area contributed by atoms with Crippen molar-refractivity contribution < 1.29 is 4.79 Å². The zero-order valence-corrected chi connectivity index (χ0v) is 12.7. The van der Waals surface area contributed by atoms with Crippen LogP contribution in [-0.4, -0.2) is 29.9 Å². The fourth-order valence-corrected chi connectivity index (χ4v) is 3.89. The molecule has 2 fully saturated rings. The first-order valence-corrected chi connectivity index (χ1v) is 8.12. The van der Waals surface area contributed by atoms with Gasteiger partial charge in [-0.1, -0.05) is 39.5 Å². The topological polar surface area (TPSA) is 46.3 Å². The fourth-order valence-electron chi connectivity index (χ4n) is 3.89. The van der Waals surface area contributed by atoms with E-state index >= 15 is 0 Å². The summed E-state index contributed by atoms with van der Waals surface area (Å²) in [5.74, 6) is 1.15. The van der Waals surface area contributed by atoms with E-state index in [4.69, 9.17) is 5.73 Å². The number of nitrogens with two attached hydrogens (primary N) is 1. The highest BCUT2D eigenvalue weighted by Gasteiger charge is 2.41. The minimum Gasteiger partial charge on any atom is -0.338 e. The summed E-state index contributed by atoms with van der Waals surface area (Å²) in [6.45, 7) is 5.97. The molecule has 2 atom stereocenters. The van der Waals surface area contributed by atoms with Crippen molar-refractivity contribution in [3.8, 4) is 0 Å². The minimum absolute atomic E-state index is 0.106. The van der Waals surface area contributed by atoms with Gasteiger partial charge >= 0.3 is 0 Å². The SMILES string of the molecule is CCC1CCN(C(=O)C2(C)CCCCC2)C(CN)C1. The predicted molar refractivity (Wildman–Crippen MR) is 78.8 cm³/mol. The van der Waals surface area contributed by atoms with Gasteiger partial charge in [-0.05, 0) is 31.6 Å². The van der Waals surface area contributed by atoms with Crippen LogP contribution in [0.1, 0.15) is 65.2 Å². The number of hydrogen-bond acceptors (Lipinski definition) is 2. The van der Waals surface area contributed by atoms with Crippen molar-refractivity contribution in [1.82, 2.24) is 4.90 Å². The van der Waals surface area contributed by atoms with Crippen LogP contribution in [-0.2, 0) is 4.79 Å². The van der Waals surface area contributed by atoms with Crippen LogP contribution in [0.15, 0.2) is 0 Å². The molecule has 3 nitrogen and oxygen atoms in total. The van der Waals surface area contributed by atoms with Crippen LogP contribution in [0.5, 0.6) is 0 Å². The smallest absolute Gasteiger partial charge is 0.228 e. The Labute approximate surface area is 117 Å². The molecule has 2 aliphatic rings. The zero-order chi connectivity index (χ0) is 13.9. The highest BCUT2D eigenvalue weighted by atomic mass is 16.2. The normalized spacial score (nSPS) is 31.2. The third-order valence-corrected chi connectivity index (χ3v) is 5.41. The lowest BCUT2D eigenvalue weighted by Crippen LogP contribution is -2.54. The van der Waals surface area contributed by atoms with Gasteiger partial charge in [-0.25, -0.2) is 0 Å². The van der Waals surface area contributed by atoms with Gasteiger partial charge in [-0.3, -0.25) is 4.79 Å². The van der Waals surface area contributed by atoms with Gasteiger partial charge in [0.1, 0.15) is 0 Å². The van der Waals surface area contributed by atoms with Crippen LogP contribution in [0, 0.1) is 11.3 Å². The molecule has 1 aliphatic heterocycles. The van der Waals surface area contributed by atoms with Gasteiger partial charge < -0.3 is 10.6 Å². The highest BCUT2D eigenvalue weighted by molar-refractivity contribution is 5.82. The van der Waals surface area contributed by atoms with Gasteiger partial charge in [0.05, 0.1) is 0 Å². The maximum atomic E-state index is 12.9. The molecular formula is C16H30N2O. The Morgan fingerprint density at radius 2 is 2.00 bits per heavy atom. The number of hydrogen-bond donors (Lipinski definition) is 1. The minimum atomic E-state index is -0.106. The van der Waals surface area contributed by atoms with Crippen molar-refractivity contribution in [3.05, 3.63) is 0 Å². The first-order valence-electron chi connectivity index (χ1n) is 8.12. The van der Waals surface area contributed by atoms with Crippen molar-refractivity contribution in [3.63, 3.8) is 0 Å². The number of piperidine rings is 1. The maximum absolute atomic E-state index is 12.9. The van der Waals surface area contributed by atoms with Gasteiger partial charge in [0.15, 0.2) is 0 Å². The average molecular weight is 266 g/mol. The standard InChI is InChI=1S/C16H30N2O/c1-3-13-7-10-18(14(11-13)12-17)15(19)16(2)8-5-4-6-9-16/h13-14H,3-12,17H2,1-2H3. The summed E-state index contributed by atoms with van der Waals surface area (Å²) >= 11 is 0. The van der Waals surface area contributed by atoms with Crippen molar-refractivity contribution in [2.75, 3.05) is 13.1 Å². The molecule has 1 aliphatic carbocycles. The van der Waals surface area contributed by atoms with Gasteiger partial charge in [-0.2, -0.15) is 0 Å². The van der Waals surface area contributed by atoms with Crippen LogP contribution >= 0.6 is 0 Å². The van der Waals surface area contributed by atoms with Gasteiger partial charge in [0.2, 0.25) is 5.91 Å². The van der Waals surface area contributed by atoms with E-state index in [1.54, 1.807) is 0 Å². The Morgan fingerprint density at radius 3 is 2.58 bits per heavy atom. The first kappa shape index (κ1) is 14.8. The Morgan fingerprint density at radius 1 is 1.32 bits per heavy atom. The summed E-state index contributed by atoms with van der Waals surface area (Å²) in [6, 6.07) is 0.282. The Hall–Kier alpha value is -0.570. The summed E-state index contributed by atoms with van der Waals surface area (Å²) in [4.78, 5) is 15.0. The van der Waals surface area contributed by atoms with Crippen LogP contribution in [0.4, 0.5) is 0 Å². The molecule has 1 saturated heterocycles. The van der Waals surface area contributed by atoms with E-state index in [9.17, 15) is 4.79 Å². The van der Waals surface area contributed by atoms with E-state index in [1.807, 2.05) is 0 Å². The molecule has 19 heavy (non-hydrogen) atoms. The quantitative estimate of drug-likeness (QED) is 0.853. The third-order valence-electron chi connectivity index (χ3n) is 5.41. The molecule has 0 aromatic carbocycles. The molecule has 1 amide bonds. The molecule has 1 heterocycles. The van der Waals surface area contributed by atoms with Crippen molar-refractivity contribution in [2.24, 2.45) is 17.1 Å². The van der Waals surface area contributed by atoms with Crippen LogP contribution < -0.4 is 5.73 Å². The van der Waals surface area contributed by atoms with Gasteiger partial charge in [0.25, 0.3) is 0 Å². The number of carbonyl (C=O) groups is 1. The Balaban J connectivity index is 2.05. The molecule has 3 heteroatoms. The monoisotopic (exact) mass is 266 g/mol. The molecule has 0 radical (unpaired) electrons. The Bertz CT molecular complexity index is 310. The van der Waals surface area contributed by atoms with E-state index < -0.39 is 0 Å². The number of likely N-dealkylation sites (tertiary alicyclic amines) is 1. The summed E-state index contributed by atoms with van der Waals surface area (Å²) in [5.41, 5.74) is 5.82. The van der Waals surface area contributed by atoms with E-state index in [0.29, 0.717) is 12.5 Å². The number of rotatable bonds is 3. The molecule has 0 spiro atoms. The second-order valence-electron chi connectivity index (χ2n) is 6.81. The van der Waals surface area contributed by atoms with Crippen LogP contribution in [0.25, 0.3) is 0 Å². The second-order valence-corrected chi connectivity index (χ2v) is 6.81. The molecular weight excluding hydrogens is 236 g/mol. The third kappa shape index (κ3) is 3.13. The van der Waals surface area contributed by atoms with Crippen molar-refractivity contribution >= 4 is 5.91 Å². The lowest BCUT2D eigenvalue weighted by atomic mass is 9.74. The molecule has 2 N–H and O–H groups in total. The zero-order valence-electron chi connectivity index (χ0n) is 12.7. The lowest BCUT2D eigenvalue weighted by Gasteiger charge is -2.44. The average Bonchev–Trinajstić information content (AvgIpc) is 2.46. The highest BCUT2D eigenvalue weighted by Crippen LogP contribution is 2.39. The van der Waals surface area contributed by atoms with Crippen LogP contribution in [0.2, 0.25) is 0 Å². The van der Waals surface area contributed by atoms with E-state index in [2.05, 4.69) is 18.7 Å². The number of amides is 1. The van der Waals surface area contributed by atoms with Crippen molar-refractivity contribution in [1.29, 1.82) is 0 Å². The number of nitrogens with zero attached hydrogens (tertiary/aromatic N) is 1. The van der Waals surface area contributed by atoms with E-state index in [0.717, 1.165) is 38.1 Å². The fraction of sp³-hybridized carbons (Fsp3) is 0.938. The molecule has 0 aromatic heterocycles. The number of carbonyl (C=O) groups excluding carboxylic acids is 1.